The number of anilines is 2. The van der Waals surface area contributed by atoms with Gasteiger partial charge in [0, 0.05) is 63.8 Å². The van der Waals surface area contributed by atoms with Crippen LogP contribution in [0.1, 0.15) is 28.8 Å². The molecule has 0 radical (unpaired) electrons. The molecular weight excluding hydrogens is 442 g/mol. The summed E-state index contributed by atoms with van der Waals surface area (Å²) in [5, 5.41) is 6.34. The van der Waals surface area contributed by atoms with Crippen LogP contribution in [-0.2, 0) is 16.0 Å². The van der Waals surface area contributed by atoms with Gasteiger partial charge in [0.25, 0.3) is 5.91 Å². The van der Waals surface area contributed by atoms with E-state index in [2.05, 4.69) is 15.5 Å². The Morgan fingerprint density at radius 2 is 1.57 bits per heavy atom. The summed E-state index contributed by atoms with van der Waals surface area (Å²) in [6.07, 6.45) is 2.29. The molecule has 5 rings (SSSR count). The molecule has 8 heteroatoms. The summed E-state index contributed by atoms with van der Waals surface area (Å²) in [6, 6.07) is 15.2. The quantitative estimate of drug-likeness (QED) is 0.668. The lowest BCUT2D eigenvalue weighted by Gasteiger charge is -2.37. The van der Waals surface area contributed by atoms with Crippen LogP contribution in [0.4, 0.5) is 11.4 Å². The van der Waals surface area contributed by atoms with Gasteiger partial charge in [-0.05, 0) is 36.6 Å². The van der Waals surface area contributed by atoms with E-state index in [1.807, 2.05) is 58.3 Å². The molecule has 0 spiro atoms. The standard InChI is InChI=1S/C27H33N5O3/c33-25(18-20-4-2-1-3-5-20)29-23-19-22(27(35)31-12-10-28-11-13-31)8-9-24(23)30-14-16-32(17-15-30)26(34)21-6-7-21/h1-5,8-9,19,21,28H,6-7,10-18H2,(H,29,33). The average molecular weight is 476 g/mol. The highest BCUT2D eigenvalue weighted by molar-refractivity contribution is 6.00. The molecule has 3 aliphatic rings. The van der Waals surface area contributed by atoms with Gasteiger partial charge >= 0.3 is 0 Å². The van der Waals surface area contributed by atoms with E-state index in [4.69, 9.17) is 0 Å². The molecule has 2 N–H and O–H groups in total. The fraction of sp³-hybridized carbons (Fsp3) is 0.444. The van der Waals surface area contributed by atoms with Crippen molar-refractivity contribution < 1.29 is 14.4 Å². The number of piperazine rings is 2. The van der Waals surface area contributed by atoms with Crippen LogP contribution in [-0.4, -0.2) is 79.9 Å². The zero-order valence-corrected chi connectivity index (χ0v) is 20.0. The number of rotatable bonds is 6. The second-order valence-corrected chi connectivity index (χ2v) is 9.57. The summed E-state index contributed by atoms with van der Waals surface area (Å²) in [5.74, 6) is 0.367. The van der Waals surface area contributed by atoms with Crippen molar-refractivity contribution in [2.24, 2.45) is 5.92 Å². The smallest absolute Gasteiger partial charge is 0.254 e. The van der Waals surface area contributed by atoms with Crippen LogP contribution in [0.25, 0.3) is 0 Å². The molecular formula is C27H33N5O3. The first-order chi connectivity index (χ1) is 17.1. The summed E-state index contributed by atoms with van der Waals surface area (Å²) >= 11 is 0. The maximum absolute atomic E-state index is 13.1. The minimum absolute atomic E-state index is 0.0172. The molecule has 1 saturated carbocycles. The largest absolute Gasteiger partial charge is 0.366 e. The first-order valence-electron chi connectivity index (χ1n) is 12.6. The number of benzene rings is 2. The summed E-state index contributed by atoms with van der Waals surface area (Å²) in [5.41, 5.74) is 3.05. The van der Waals surface area contributed by atoms with Crippen molar-refractivity contribution in [2.75, 3.05) is 62.6 Å². The lowest BCUT2D eigenvalue weighted by atomic mass is 10.1. The summed E-state index contributed by atoms with van der Waals surface area (Å²) in [7, 11) is 0. The Morgan fingerprint density at radius 3 is 2.26 bits per heavy atom. The van der Waals surface area contributed by atoms with E-state index in [0.717, 1.165) is 37.2 Å². The highest BCUT2D eigenvalue weighted by Crippen LogP contribution is 2.33. The third kappa shape index (κ3) is 5.65. The summed E-state index contributed by atoms with van der Waals surface area (Å²) in [4.78, 5) is 44.5. The SMILES string of the molecule is O=C(Cc1ccccc1)Nc1cc(C(=O)N2CCNCC2)ccc1N1CCN(C(=O)C2CC2)CC1. The van der Waals surface area contributed by atoms with Gasteiger partial charge in [-0.1, -0.05) is 30.3 Å². The minimum Gasteiger partial charge on any atom is -0.366 e. The molecule has 35 heavy (non-hydrogen) atoms. The van der Waals surface area contributed by atoms with E-state index in [1.54, 1.807) is 0 Å². The predicted octanol–water partition coefficient (Wildman–Crippen LogP) is 1.97. The molecule has 0 atom stereocenters. The van der Waals surface area contributed by atoms with E-state index in [1.165, 1.54) is 0 Å². The van der Waals surface area contributed by atoms with E-state index >= 15 is 0 Å². The normalized spacial score (nSPS) is 18.3. The fourth-order valence-electron chi connectivity index (χ4n) is 4.83. The van der Waals surface area contributed by atoms with Crippen molar-refractivity contribution in [2.45, 2.75) is 19.3 Å². The zero-order valence-electron chi connectivity index (χ0n) is 20.0. The number of hydrogen-bond acceptors (Lipinski definition) is 5. The minimum atomic E-state index is -0.119. The van der Waals surface area contributed by atoms with Gasteiger partial charge in [-0.3, -0.25) is 14.4 Å². The molecule has 0 aromatic heterocycles. The van der Waals surface area contributed by atoms with E-state index in [9.17, 15) is 14.4 Å². The molecule has 2 aliphatic heterocycles. The van der Waals surface area contributed by atoms with Gasteiger partial charge in [0.05, 0.1) is 17.8 Å². The first kappa shape index (κ1) is 23.4. The molecule has 3 fully saturated rings. The van der Waals surface area contributed by atoms with E-state index in [0.29, 0.717) is 50.5 Å². The number of carbonyl (C=O) groups is 3. The van der Waals surface area contributed by atoms with Crippen molar-refractivity contribution in [3.63, 3.8) is 0 Å². The number of nitrogens with one attached hydrogen (secondary N) is 2. The van der Waals surface area contributed by atoms with Crippen LogP contribution in [0.15, 0.2) is 48.5 Å². The van der Waals surface area contributed by atoms with Crippen molar-refractivity contribution >= 4 is 29.1 Å². The lowest BCUT2D eigenvalue weighted by Crippen LogP contribution is -2.49. The van der Waals surface area contributed by atoms with E-state index in [-0.39, 0.29) is 30.1 Å². The van der Waals surface area contributed by atoms with Gasteiger partial charge in [0.15, 0.2) is 0 Å². The molecule has 2 heterocycles. The van der Waals surface area contributed by atoms with Crippen molar-refractivity contribution in [3.8, 4) is 0 Å². The highest BCUT2D eigenvalue weighted by atomic mass is 16.2. The Morgan fingerprint density at radius 1 is 0.857 bits per heavy atom. The maximum atomic E-state index is 13.1. The molecule has 2 aromatic rings. The molecule has 2 saturated heterocycles. The molecule has 3 amide bonds. The molecule has 1 aliphatic carbocycles. The monoisotopic (exact) mass is 475 g/mol. The summed E-state index contributed by atoms with van der Waals surface area (Å²) in [6.45, 7) is 5.67. The highest BCUT2D eigenvalue weighted by Gasteiger charge is 2.35. The third-order valence-corrected chi connectivity index (χ3v) is 6.99. The van der Waals surface area contributed by atoms with Crippen LogP contribution < -0.4 is 15.5 Å². The average Bonchev–Trinajstić information content (AvgIpc) is 3.75. The zero-order chi connectivity index (χ0) is 24.2. The molecule has 184 valence electrons. The molecule has 2 aromatic carbocycles. The topological polar surface area (TPSA) is 85.0 Å². The van der Waals surface area contributed by atoms with Crippen LogP contribution >= 0.6 is 0 Å². The van der Waals surface area contributed by atoms with E-state index < -0.39 is 0 Å². The Kier molecular flexibility index (Phi) is 6.99. The van der Waals surface area contributed by atoms with Gasteiger partial charge in [0.2, 0.25) is 11.8 Å². The van der Waals surface area contributed by atoms with Gasteiger partial charge in [0.1, 0.15) is 0 Å². The predicted molar refractivity (Wildman–Crippen MR) is 136 cm³/mol. The van der Waals surface area contributed by atoms with Gasteiger partial charge < -0.3 is 25.3 Å². The van der Waals surface area contributed by atoms with Crippen LogP contribution in [0.3, 0.4) is 0 Å². The lowest BCUT2D eigenvalue weighted by molar-refractivity contribution is -0.132. The van der Waals surface area contributed by atoms with Crippen LogP contribution in [0.5, 0.6) is 0 Å². The number of nitrogens with zero attached hydrogens (tertiary/aromatic N) is 3. The Balaban J connectivity index is 1.34. The molecule has 0 unspecified atom stereocenters. The Labute approximate surface area is 206 Å². The summed E-state index contributed by atoms with van der Waals surface area (Å²) < 4.78 is 0. The van der Waals surface area contributed by atoms with Crippen molar-refractivity contribution in [3.05, 3.63) is 59.7 Å². The van der Waals surface area contributed by atoms with Crippen LogP contribution in [0.2, 0.25) is 0 Å². The van der Waals surface area contributed by atoms with Crippen LogP contribution in [0, 0.1) is 5.92 Å². The Hall–Kier alpha value is -3.39. The third-order valence-electron chi connectivity index (χ3n) is 6.99. The Bertz CT molecular complexity index is 1070. The number of carbonyl (C=O) groups excluding carboxylic acids is 3. The van der Waals surface area contributed by atoms with Crippen molar-refractivity contribution in [1.29, 1.82) is 0 Å². The molecule has 0 bridgehead atoms. The molecule has 8 nitrogen and oxygen atoms in total. The number of hydrogen-bond donors (Lipinski definition) is 2. The first-order valence-corrected chi connectivity index (χ1v) is 12.6. The maximum Gasteiger partial charge on any atom is 0.254 e. The van der Waals surface area contributed by atoms with Gasteiger partial charge in [-0.2, -0.15) is 0 Å². The number of amides is 3. The fourth-order valence-corrected chi connectivity index (χ4v) is 4.83. The van der Waals surface area contributed by atoms with Gasteiger partial charge in [-0.15, -0.1) is 0 Å². The second-order valence-electron chi connectivity index (χ2n) is 9.57. The van der Waals surface area contributed by atoms with Gasteiger partial charge in [-0.25, -0.2) is 0 Å². The second kappa shape index (κ2) is 10.5. The van der Waals surface area contributed by atoms with Crippen molar-refractivity contribution in [1.82, 2.24) is 15.1 Å².